The third kappa shape index (κ3) is 5.69. The molecule has 1 N–H and O–H groups in total. The van der Waals surface area contributed by atoms with E-state index in [4.69, 9.17) is 9.47 Å². The van der Waals surface area contributed by atoms with Crippen molar-refractivity contribution >= 4 is 39.3 Å². The predicted molar refractivity (Wildman–Crippen MR) is 91.3 cm³/mol. The molecule has 0 bridgehead atoms. The van der Waals surface area contributed by atoms with Crippen LogP contribution in [0.1, 0.15) is 11.1 Å². The Labute approximate surface area is 146 Å². The first-order valence-corrected chi connectivity index (χ1v) is 8.53. The molecule has 1 amide bonds. The van der Waals surface area contributed by atoms with Gasteiger partial charge in [-0.25, -0.2) is 9.59 Å². The van der Waals surface area contributed by atoms with Gasteiger partial charge in [-0.15, -0.1) is 11.3 Å². The Hall–Kier alpha value is -1.86. The lowest BCUT2D eigenvalue weighted by atomic mass is 10.1. The molecular formula is C16H16BrNO4S. The van der Waals surface area contributed by atoms with Crippen molar-refractivity contribution < 1.29 is 19.1 Å². The average Bonchev–Trinajstić information content (AvgIpc) is 2.97. The number of carbonyl (C=O) groups is 2. The van der Waals surface area contributed by atoms with Gasteiger partial charge in [0.2, 0.25) is 0 Å². The molecule has 0 saturated carbocycles. The molecule has 0 aliphatic heterocycles. The number of carbonyl (C=O) groups excluding carboxylic acids is 2. The molecule has 2 rings (SSSR count). The van der Waals surface area contributed by atoms with Crippen LogP contribution in [0.4, 0.5) is 4.79 Å². The van der Waals surface area contributed by atoms with Gasteiger partial charge in [0.15, 0.2) is 0 Å². The summed E-state index contributed by atoms with van der Waals surface area (Å²) in [5.74, 6) is -0.510. The first-order valence-electron chi connectivity index (χ1n) is 6.86. The van der Waals surface area contributed by atoms with Crippen molar-refractivity contribution in [2.75, 3.05) is 7.11 Å². The average molecular weight is 398 g/mol. The van der Waals surface area contributed by atoms with Crippen LogP contribution in [-0.4, -0.2) is 25.2 Å². The number of hydrogen-bond donors (Lipinski definition) is 1. The smallest absolute Gasteiger partial charge is 0.408 e. The second-order valence-electron chi connectivity index (χ2n) is 4.75. The van der Waals surface area contributed by atoms with Gasteiger partial charge in [0.1, 0.15) is 12.6 Å². The molecule has 0 spiro atoms. The van der Waals surface area contributed by atoms with Gasteiger partial charge in [-0.3, -0.25) is 0 Å². The van der Waals surface area contributed by atoms with Crippen molar-refractivity contribution in [1.29, 1.82) is 0 Å². The lowest BCUT2D eigenvalue weighted by Gasteiger charge is -2.16. The minimum Gasteiger partial charge on any atom is -0.467 e. The van der Waals surface area contributed by atoms with Gasteiger partial charge in [0, 0.05) is 6.42 Å². The van der Waals surface area contributed by atoms with E-state index in [9.17, 15) is 9.59 Å². The maximum absolute atomic E-state index is 11.9. The second kappa shape index (κ2) is 8.69. The lowest BCUT2D eigenvalue weighted by molar-refractivity contribution is -0.143. The van der Waals surface area contributed by atoms with Crippen LogP contribution in [0, 0.1) is 0 Å². The molecule has 0 unspecified atom stereocenters. The summed E-state index contributed by atoms with van der Waals surface area (Å²) in [7, 11) is 1.29. The first kappa shape index (κ1) is 17.5. The third-order valence-electron chi connectivity index (χ3n) is 3.05. The highest BCUT2D eigenvalue weighted by molar-refractivity contribution is 9.11. The van der Waals surface area contributed by atoms with E-state index in [1.54, 1.807) is 0 Å². The summed E-state index contributed by atoms with van der Waals surface area (Å²) >= 11 is 4.88. The van der Waals surface area contributed by atoms with Crippen LogP contribution in [0.15, 0.2) is 45.6 Å². The molecule has 7 heteroatoms. The van der Waals surface area contributed by atoms with Crippen molar-refractivity contribution in [3.05, 3.63) is 56.7 Å². The minimum atomic E-state index is -0.787. The van der Waals surface area contributed by atoms with Gasteiger partial charge in [0.05, 0.1) is 10.9 Å². The van der Waals surface area contributed by atoms with Crippen LogP contribution in [0.5, 0.6) is 0 Å². The molecule has 2 aromatic rings. The highest BCUT2D eigenvalue weighted by Crippen LogP contribution is 2.21. The van der Waals surface area contributed by atoms with Crippen molar-refractivity contribution in [1.82, 2.24) is 5.32 Å². The van der Waals surface area contributed by atoms with Crippen LogP contribution in [-0.2, 0) is 27.3 Å². The zero-order chi connectivity index (χ0) is 16.7. The van der Waals surface area contributed by atoms with Crippen LogP contribution < -0.4 is 5.32 Å². The normalized spacial score (nSPS) is 11.6. The van der Waals surface area contributed by atoms with E-state index in [0.717, 1.165) is 14.9 Å². The lowest BCUT2D eigenvalue weighted by Crippen LogP contribution is -2.43. The zero-order valence-corrected chi connectivity index (χ0v) is 14.9. The Morgan fingerprint density at radius 3 is 2.61 bits per heavy atom. The maximum Gasteiger partial charge on any atom is 0.408 e. The molecule has 1 heterocycles. The zero-order valence-electron chi connectivity index (χ0n) is 12.5. The maximum atomic E-state index is 11.9. The fourth-order valence-corrected chi connectivity index (χ4v) is 3.15. The Morgan fingerprint density at radius 2 is 2.00 bits per heavy atom. The van der Waals surface area contributed by atoms with Gasteiger partial charge in [-0.1, -0.05) is 30.3 Å². The SMILES string of the molecule is COC(=O)[C@@H](Cc1csc(Br)c1)NC(=O)OCc1ccccc1. The Kier molecular flexibility index (Phi) is 6.61. The molecule has 0 aliphatic carbocycles. The number of halogens is 1. The number of thiophene rings is 1. The molecule has 0 radical (unpaired) electrons. The van der Waals surface area contributed by atoms with Gasteiger partial charge in [0.25, 0.3) is 0 Å². The van der Waals surface area contributed by atoms with Gasteiger partial charge < -0.3 is 14.8 Å². The number of esters is 1. The van der Waals surface area contributed by atoms with Crippen LogP contribution in [0.3, 0.4) is 0 Å². The van der Waals surface area contributed by atoms with Crippen LogP contribution in [0.2, 0.25) is 0 Å². The number of hydrogen-bond acceptors (Lipinski definition) is 5. The number of ether oxygens (including phenoxy) is 2. The highest BCUT2D eigenvalue weighted by atomic mass is 79.9. The summed E-state index contributed by atoms with van der Waals surface area (Å²) < 4.78 is 10.8. The van der Waals surface area contributed by atoms with Crippen molar-refractivity contribution in [3.63, 3.8) is 0 Å². The van der Waals surface area contributed by atoms with Crippen LogP contribution in [0.25, 0.3) is 0 Å². The molecule has 23 heavy (non-hydrogen) atoms. The fourth-order valence-electron chi connectivity index (χ4n) is 1.93. The largest absolute Gasteiger partial charge is 0.467 e. The Bertz CT molecular complexity index is 659. The van der Waals surface area contributed by atoms with E-state index in [1.165, 1.54) is 18.4 Å². The van der Waals surface area contributed by atoms with E-state index in [1.807, 2.05) is 41.8 Å². The third-order valence-corrected chi connectivity index (χ3v) is 4.61. The molecular weight excluding hydrogens is 382 g/mol. The number of methoxy groups -OCH3 is 1. The van der Waals surface area contributed by atoms with Crippen LogP contribution >= 0.6 is 27.3 Å². The van der Waals surface area contributed by atoms with Crippen molar-refractivity contribution in [2.45, 2.75) is 19.1 Å². The number of amides is 1. The fraction of sp³-hybridized carbons (Fsp3) is 0.250. The molecule has 1 atom stereocenters. The second-order valence-corrected chi connectivity index (χ2v) is 7.04. The van der Waals surface area contributed by atoms with E-state index >= 15 is 0 Å². The monoisotopic (exact) mass is 397 g/mol. The number of alkyl carbamates (subject to hydrolysis) is 1. The standard InChI is InChI=1S/C16H16BrNO4S/c1-21-15(19)13(7-12-8-14(17)23-10-12)18-16(20)22-9-11-5-3-2-4-6-11/h2-6,8,10,13H,7,9H2,1H3,(H,18,20)/t13-/m1/s1. The first-order chi connectivity index (χ1) is 11.1. The van der Waals surface area contributed by atoms with Crippen molar-refractivity contribution in [3.8, 4) is 0 Å². The Morgan fingerprint density at radius 1 is 1.26 bits per heavy atom. The van der Waals surface area contributed by atoms with Crippen molar-refractivity contribution in [2.24, 2.45) is 0 Å². The highest BCUT2D eigenvalue weighted by Gasteiger charge is 2.23. The molecule has 5 nitrogen and oxygen atoms in total. The summed E-state index contributed by atoms with van der Waals surface area (Å²) in [4.78, 5) is 23.7. The molecule has 1 aromatic carbocycles. The summed E-state index contributed by atoms with van der Waals surface area (Å²) in [5.41, 5.74) is 1.81. The van der Waals surface area contributed by atoms with Gasteiger partial charge in [-0.05, 0) is 38.5 Å². The number of nitrogens with one attached hydrogen (secondary N) is 1. The van der Waals surface area contributed by atoms with Gasteiger partial charge in [-0.2, -0.15) is 0 Å². The Balaban J connectivity index is 1.91. The van der Waals surface area contributed by atoms with E-state index in [2.05, 4.69) is 21.2 Å². The quantitative estimate of drug-likeness (QED) is 0.757. The molecule has 122 valence electrons. The molecule has 0 aliphatic rings. The predicted octanol–water partition coefficient (Wildman–Crippen LogP) is 3.52. The van der Waals surface area contributed by atoms with E-state index < -0.39 is 18.1 Å². The molecule has 0 fully saturated rings. The van der Waals surface area contributed by atoms with E-state index in [-0.39, 0.29) is 6.61 Å². The summed E-state index contributed by atoms with van der Waals surface area (Å²) in [5, 5.41) is 4.46. The summed E-state index contributed by atoms with van der Waals surface area (Å²) in [6.45, 7) is 0.143. The topological polar surface area (TPSA) is 64.6 Å². The summed E-state index contributed by atoms with van der Waals surface area (Å²) in [6, 6.07) is 10.4. The molecule has 0 saturated heterocycles. The van der Waals surface area contributed by atoms with Gasteiger partial charge >= 0.3 is 12.1 Å². The molecule has 1 aromatic heterocycles. The van der Waals surface area contributed by atoms with E-state index in [0.29, 0.717) is 6.42 Å². The number of benzene rings is 1. The summed E-state index contributed by atoms with van der Waals surface area (Å²) in [6.07, 6.45) is -0.312. The number of rotatable bonds is 6. The minimum absolute atomic E-state index is 0.143.